The average molecular weight is 298 g/mol. The van der Waals surface area contributed by atoms with E-state index in [1.165, 1.54) is 0 Å². The molecule has 2 aromatic rings. The lowest BCUT2D eigenvalue weighted by molar-refractivity contribution is -0.136. The summed E-state index contributed by atoms with van der Waals surface area (Å²) in [5.41, 5.74) is 8.23. The van der Waals surface area contributed by atoms with E-state index in [1.54, 1.807) is 12.1 Å². The number of rotatable bonds is 4. The van der Waals surface area contributed by atoms with Crippen LogP contribution in [0.5, 0.6) is 0 Å². The highest BCUT2D eigenvalue weighted by Gasteiger charge is 2.16. The number of aliphatic carboxylic acids is 1. The van der Waals surface area contributed by atoms with Crippen LogP contribution in [0.25, 0.3) is 11.3 Å². The number of carboxylic acid groups (broad SMARTS) is 1. The maximum absolute atomic E-state index is 10.8. The highest BCUT2D eigenvalue weighted by molar-refractivity contribution is 5.72. The first-order chi connectivity index (χ1) is 10.6. The van der Waals surface area contributed by atoms with Gasteiger partial charge >= 0.3 is 5.97 Å². The fourth-order valence-corrected chi connectivity index (χ4v) is 2.67. The predicted octanol–water partition coefficient (Wildman–Crippen LogP) is 1.95. The van der Waals surface area contributed by atoms with E-state index in [2.05, 4.69) is 14.9 Å². The predicted molar refractivity (Wildman–Crippen MR) is 84.7 cm³/mol. The van der Waals surface area contributed by atoms with Crippen LogP contribution < -0.4 is 10.6 Å². The summed E-state index contributed by atoms with van der Waals surface area (Å²) in [4.78, 5) is 21.9. The fraction of sp³-hybridized carbons (Fsp3) is 0.312. The Morgan fingerprint density at radius 2 is 2.00 bits per heavy atom. The SMILES string of the molecule is Nc1cc(-c2cccc(CC(=O)O)c2)nc(N2CCCC2)n1. The highest BCUT2D eigenvalue weighted by atomic mass is 16.4. The molecule has 0 bridgehead atoms. The fourth-order valence-electron chi connectivity index (χ4n) is 2.67. The standard InChI is InChI=1S/C16H18N4O2/c17-14-10-13(18-16(19-14)20-6-1-2-7-20)12-5-3-4-11(8-12)9-15(21)22/h3-5,8,10H,1-2,6-7,9H2,(H,21,22)(H2,17,18,19). The summed E-state index contributed by atoms with van der Waals surface area (Å²) >= 11 is 0. The lowest BCUT2D eigenvalue weighted by Crippen LogP contribution is -2.21. The monoisotopic (exact) mass is 298 g/mol. The van der Waals surface area contributed by atoms with E-state index in [-0.39, 0.29) is 6.42 Å². The molecule has 6 nitrogen and oxygen atoms in total. The van der Waals surface area contributed by atoms with Crippen LogP contribution in [0.4, 0.5) is 11.8 Å². The second-order valence-electron chi connectivity index (χ2n) is 5.44. The number of nitrogen functional groups attached to an aromatic ring is 1. The van der Waals surface area contributed by atoms with E-state index in [0.717, 1.165) is 42.8 Å². The van der Waals surface area contributed by atoms with Crippen molar-refractivity contribution in [2.24, 2.45) is 0 Å². The van der Waals surface area contributed by atoms with Crippen molar-refractivity contribution in [3.63, 3.8) is 0 Å². The van der Waals surface area contributed by atoms with Crippen LogP contribution >= 0.6 is 0 Å². The number of nitrogens with two attached hydrogens (primary N) is 1. The van der Waals surface area contributed by atoms with Gasteiger partial charge in [-0.2, -0.15) is 4.98 Å². The minimum Gasteiger partial charge on any atom is -0.481 e. The molecule has 3 rings (SSSR count). The molecular formula is C16H18N4O2. The summed E-state index contributed by atoms with van der Waals surface area (Å²) in [6, 6.07) is 9.09. The Hall–Kier alpha value is -2.63. The van der Waals surface area contributed by atoms with Gasteiger partial charge in [-0.3, -0.25) is 4.79 Å². The zero-order valence-electron chi connectivity index (χ0n) is 12.2. The van der Waals surface area contributed by atoms with Gasteiger partial charge in [0.2, 0.25) is 5.95 Å². The van der Waals surface area contributed by atoms with Crippen LogP contribution in [0.15, 0.2) is 30.3 Å². The second kappa shape index (κ2) is 6.01. The van der Waals surface area contributed by atoms with Gasteiger partial charge in [-0.05, 0) is 24.5 Å². The maximum atomic E-state index is 10.8. The maximum Gasteiger partial charge on any atom is 0.307 e. The molecule has 2 heterocycles. The molecule has 1 aliphatic heterocycles. The molecule has 22 heavy (non-hydrogen) atoms. The van der Waals surface area contributed by atoms with Gasteiger partial charge < -0.3 is 15.7 Å². The first-order valence-corrected chi connectivity index (χ1v) is 7.32. The first-order valence-electron chi connectivity index (χ1n) is 7.32. The van der Waals surface area contributed by atoms with E-state index < -0.39 is 5.97 Å². The molecule has 1 fully saturated rings. The van der Waals surface area contributed by atoms with Crippen LogP contribution in [0.2, 0.25) is 0 Å². The number of hydrogen-bond acceptors (Lipinski definition) is 5. The smallest absolute Gasteiger partial charge is 0.307 e. The molecule has 6 heteroatoms. The molecule has 1 saturated heterocycles. The summed E-state index contributed by atoms with van der Waals surface area (Å²) < 4.78 is 0. The van der Waals surface area contributed by atoms with Crippen molar-refractivity contribution in [2.75, 3.05) is 23.7 Å². The Labute approximate surface area is 128 Å². The zero-order valence-corrected chi connectivity index (χ0v) is 12.2. The third-order valence-corrected chi connectivity index (χ3v) is 3.70. The van der Waals surface area contributed by atoms with Crippen LogP contribution in [0.3, 0.4) is 0 Å². The molecule has 1 aliphatic rings. The Kier molecular flexibility index (Phi) is 3.91. The molecule has 0 atom stereocenters. The summed E-state index contributed by atoms with van der Waals surface area (Å²) in [7, 11) is 0. The molecule has 114 valence electrons. The zero-order chi connectivity index (χ0) is 15.5. The minimum absolute atomic E-state index is 0.00656. The van der Waals surface area contributed by atoms with Crippen molar-refractivity contribution in [3.05, 3.63) is 35.9 Å². The Bertz CT molecular complexity index is 696. The van der Waals surface area contributed by atoms with Gasteiger partial charge in [0.1, 0.15) is 5.82 Å². The number of aromatic nitrogens is 2. The molecule has 0 saturated carbocycles. The number of hydrogen-bond donors (Lipinski definition) is 2. The van der Waals surface area contributed by atoms with Crippen LogP contribution in [0, 0.1) is 0 Å². The van der Waals surface area contributed by atoms with Crippen molar-refractivity contribution in [2.45, 2.75) is 19.3 Å². The number of anilines is 2. The van der Waals surface area contributed by atoms with Gasteiger partial charge in [0.25, 0.3) is 0 Å². The molecule has 3 N–H and O–H groups in total. The summed E-state index contributed by atoms with van der Waals surface area (Å²) in [6.07, 6.45) is 2.27. The van der Waals surface area contributed by atoms with Crippen molar-refractivity contribution in [3.8, 4) is 11.3 Å². The van der Waals surface area contributed by atoms with Gasteiger partial charge in [0.15, 0.2) is 0 Å². The average Bonchev–Trinajstić information content (AvgIpc) is 3.00. The van der Waals surface area contributed by atoms with Gasteiger partial charge in [-0.1, -0.05) is 18.2 Å². The third-order valence-electron chi connectivity index (χ3n) is 3.70. The van der Waals surface area contributed by atoms with Gasteiger partial charge in [0, 0.05) is 24.7 Å². The number of carbonyl (C=O) groups is 1. The minimum atomic E-state index is -0.850. The summed E-state index contributed by atoms with van der Waals surface area (Å²) in [5.74, 6) is 0.226. The molecule has 1 aromatic carbocycles. The second-order valence-corrected chi connectivity index (χ2v) is 5.44. The van der Waals surface area contributed by atoms with Crippen LogP contribution in [-0.4, -0.2) is 34.1 Å². The molecule has 0 radical (unpaired) electrons. The molecule has 0 unspecified atom stereocenters. The summed E-state index contributed by atoms with van der Waals surface area (Å²) in [5, 5.41) is 8.91. The lowest BCUT2D eigenvalue weighted by atomic mass is 10.1. The molecule has 1 aromatic heterocycles. The summed E-state index contributed by atoms with van der Waals surface area (Å²) in [6.45, 7) is 1.89. The topological polar surface area (TPSA) is 92.3 Å². The molecule has 0 aliphatic carbocycles. The normalized spacial score (nSPS) is 14.3. The number of carboxylic acids is 1. The number of nitrogens with zero attached hydrogens (tertiary/aromatic N) is 3. The van der Waals surface area contributed by atoms with Crippen molar-refractivity contribution < 1.29 is 9.90 Å². The van der Waals surface area contributed by atoms with E-state index in [1.807, 2.05) is 18.2 Å². The van der Waals surface area contributed by atoms with Crippen molar-refractivity contribution in [1.82, 2.24) is 9.97 Å². The molecule has 0 amide bonds. The van der Waals surface area contributed by atoms with Crippen LogP contribution in [0.1, 0.15) is 18.4 Å². The Morgan fingerprint density at radius 3 is 2.73 bits per heavy atom. The molecular weight excluding hydrogens is 280 g/mol. The van der Waals surface area contributed by atoms with E-state index in [4.69, 9.17) is 10.8 Å². The Morgan fingerprint density at radius 1 is 1.23 bits per heavy atom. The third kappa shape index (κ3) is 3.16. The van der Waals surface area contributed by atoms with E-state index in [0.29, 0.717) is 11.8 Å². The Balaban J connectivity index is 1.95. The van der Waals surface area contributed by atoms with Crippen molar-refractivity contribution >= 4 is 17.7 Å². The lowest BCUT2D eigenvalue weighted by Gasteiger charge is -2.16. The van der Waals surface area contributed by atoms with E-state index >= 15 is 0 Å². The highest BCUT2D eigenvalue weighted by Crippen LogP contribution is 2.24. The first kappa shape index (κ1) is 14.3. The largest absolute Gasteiger partial charge is 0.481 e. The van der Waals surface area contributed by atoms with Gasteiger partial charge in [-0.25, -0.2) is 4.98 Å². The number of benzene rings is 1. The van der Waals surface area contributed by atoms with Gasteiger partial charge in [-0.15, -0.1) is 0 Å². The van der Waals surface area contributed by atoms with Gasteiger partial charge in [0.05, 0.1) is 12.1 Å². The quantitative estimate of drug-likeness (QED) is 0.896. The van der Waals surface area contributed by atoms with Crippen molar-refractivity contribution in [1.29, 1.82) is 0 Å². The molecule has 0 spiro atoms. The van der Waals surface area contributed by atoms with Crippen LogP contribution in [-0.2, 0) is 11.2 Å². The van der Waals surface area contributed by atoms with E-state index in [9.17, 15) is 4.79 Å².